The maximum Gasteiger partial charge on any atom is 0.0460 e. The van der Waals surface area contributed by atoms with Gasteiger partial charge in [0.25, 0.3) is 0 Å². The molecule has 20 heavy (non-hydrogen) atoms. The SMILES string of the molecule is C1=CCC=C(c2ccncc2)C(Nc2ccccc2)=C1. The fourth-order valence-corrected chi connectivity index (χ4v) is 2.22. The molecule has 2 nitrogen and oxygen atoms in total. The number of hydrogen-bond donors (Lipinski definition) is 1. The van der Waals surface area contributed by atoms with E-state index in [9.17, 15) is 0 Å². The summed E-state index contributed by atoms with van der Waals surface area (Å²) in [6.45, 7) is 0. The molecule has 2 heteroatoms. The van der Waals surface area contributed by atoms with E-state index in [1.807, 2.05) is 42.7 Å². The van der Waals surface area contributed by atoms with Crippen LogP contribution in [0.1, 0.15) is 12.0 Å². The molecule has 1 N–H and O–H groups in total. The molecule has 0 bridgehead atoms. The van der Waals surface area contributed by atoms with Crippen LogP contribution in [-0.2, 0) is 0 Å². The van der Waals surface area contributed by atoms with E-state index < -0.39 is 0 Å². The van der Waals surface area contributed by atoms with Crippen LogP contribution in [0.15, 0.2) is 84.9 Å². The molecule has 0 amide bonds. The van der Waals surface area contributed by atoms with Crippen molar-refractivity contribution in [1.82, 2.24) is 4.98 Å². The number of aromatic nitrogens is 1. The van der Waals surface area contributed by atoms with Crippen LogP contribution in [0.5, 0.6) is 0 Å². The van der Waals surface area contributed by atoms with Gasteiger partial charge in [-0.05, 0) is 42.3 Å². The quantitative estimate of drug-likeness (QED) is 0.883. The molecular formula is C18H16N2. The van der Waals surface area contributed by atoms with E-state index in [0.717, 1.165) is 17.8 Å². The van der Waals surface area contributed by atoms with Crippen molar-refractivity contribution in [2.45, 2.75) is 6.42 Å². The number of allylic oxidation sites excluding steroid dienone is 5. The van der Waals surface area contributed by atoms with Gasteiger partial charge in [0.15, 0.2) is 0 Å². The van der Waals surface area contributed by atoms with Gasteiger partial charge in [0.2, 0.25) is 0 Å². The molecular weight excluding hydrogens is 244 g/mol. The Hall–Kier alpha value is -2.61. The van der Waals surface area contributed by atoms with E-state index in [1.54, 1.807) is 0 Å². The summed E-state index contributed by atoms with van der Waals surface area (Å²) in [6, 6.07) is 14.3. The smallest absolute Gasteiger partial charge is 0.0460 e. The molecule has 0 saturated heterocycles. The number of nitrogens with one attached hydrogen (secondary N) is 1. The van der Waals surface area contributed by atoms with Crippen LogP contribution in [0.4, 0.5) is 5.69 Å². The summed E-state index contributed by atoms with van der Waals surface area (Å²) in [5.41, 5.74) is 4.59. The van der Waals surface area contributed by atoms with Crippen molar-refractivity contribution >= 4 is 11.3 Å². The third-order valence-corrected chi connectivity index (χ3v) is 3.19. The van der Waals surface area contributed by atoms with Crippen LogP contribution in [0.3, 0.4) is 0 Å². The molecule has 1 heterocycles. The standard InChI is InChI=1S/C18H16N2/c1-3-7-16(8-4-1)20-18-10-6-2-5-9-17(18)15-11-13-19-14-12-15/h1-4,6-14,20H,5H2. The summed E-state index contributed by atoms with van der Waals surface area (Å²) < 4.78 is 0. The molecule has 0 atom stereocenters. The van der Waals surface area contributed by atoms with Gasteiger partial charge >= 0.3 is 0 Å². The molecule has 98 valence electrons. The molecule has 2 aromatic rings. The van der Waals surface area contributed by atoms with Gasteiger partial charge in [0.1, 0.15) is 0 Å². The Morgan fingerprint density at radius 2 is 1.75 bits per heavy atom. The lowest BCUT2D eigenvalue weighted by atomic mass is 10.0. The predicted octanol–water partition coefficient (Wildman–Crippen LogP) is 4.42. The molecule has 1 aliphatic rings. The number of pyridine rings is 1. The monoisotopic (exact) mass is 260 g/mol. The van der Waals surface area contributed by atoms with Gasteiger partial charge in [-0.2, -0.15) is 0 Å². The van der Waals surface area contributed by atoms with Gasteiger partial charge in [0.05, 0.1) is 0 Å². The zero-order valence-corrected chi connectivity index (χ0v) is 11.2. The highest BCUT2D eigenvalue weighted by molar-refractivity contribution is 5.83. The molecule has 3 rings (SSSR count). The Kier molecular flexibility index (Phi) is 3.74. The Balaban J connectivity index is 1.94. The second-order valence-electron chi connectivity index (χ2n) is 4.59. The van der Waals surface area contributed by atoms with Gasteiger partial charge in [-0.15, -0.1) is 0 Å². The van der Waals surface area contributed by atoms with Crippen molar-refractivity contribution in [3.63, 3.8) is 0 Å². The summed E-state index contributed by atoms with van der Waals surface area (Å²) in [6.07, 6.45) is 13.2. The maximum atomic E-state index is 4.09. The first-order chi connectivity index (χ1) is 9.93. The zero-order chi connectivity index (χ0) is 13.6. The summed E-state index contributed by atoms with van der Waals surface area (Å²) in [5.74, 6) is 0. The van der Waals surface area contributed by atoms with E-state index in [4.69, 9.17) is 0 Å². The first-order valence-corrected chi connectivity index (χ1v) is 6.73. The highest BCUT2D eigenvalue weighted by Gasteiger charge is 2.08. The molecule has 0 fully saturated rings. The number of para-hydroxylation sites is 1. The second kappa shape index (κ2) is 6.02. The molecule has 1 aromatic heterocycles. The van der Waals surface area contributed by atoms with Crippen LogP contribution in [0.25, 0.3) is 5.57 Å². The fourth-order valence-electron chi connectivity index (χ4n) is 2.22. The van der Waals surface area contributed by atoms with Crippen LogP contribution in [0, 0.1) is 0 Å². The minimum Gasteiger partial charge on any atom is -0.355 e. The highest BCUT2D eigenvalue weighted by Crippen LogP contribution is 2.26. The molecule has 0 radical (unpaired) electrons. The van der Waals surface area contributed by atoms with Gasteiger partial charge in [0, 0.05) is 29.4 Å². The molecule has 0 spiro atoms. The van der Waals surface area contributed by atoms with E-state index >= 15 is 0 Å². The predicted molar refractivity (Wildman–Crippen MR) is 84.1 cm³/mol. The summed E-state index contributed by atoms with van der Waals surface area (Å²) in [4.78, 5) is 4.09. The van der Waals surface area contributed by atoms with Crippen molar-refractivity contribution in [3.8, 4) is 0 Å². The summed E-state index contributed by atoms with van der Waals surface area (Å²) >= 11 is 0. The van der Waals surface area contributed by atoms with E-state index in [1.165, 1.54) is 11.1 Å². The normalized spacial score (nSPS) is 14.2. The van der Waals surface area contributed by atoms with Crippen molar-refractivity contribution < 1.29 is 0 Å². The summed E-state index contributed by atoms with van der Waals surface area (Å²) in [5, 5.41) is 3.49. The van der Waals surface area contributed by atoms with Crippen molar-refractivity contribution in [3.05, 3.63) is 90.4 Å². The average Bonchev–Trinajstić information content (AvgIpc) is 2.75. The highest BCUT2D eigenvalue weighted by atomic mass is 14.9. The molecule has 0 unspecified atom stereocenters. The Morgan fingerprint density at radius 1 is 0.950 bits per heavy atom. The van der Waals surface area contributed by atoms with Gasteiger partial charge in [-0.1, -0.05) is 36.4 Å². The topological polar surface area (TPSA) is 24.9 Å². The Morgan fingerprint density at radius 3 is 2.55 bits per heavy atom. The van der Waals surface area contributed by atoms with Gasteiger partial charge in [-0.25, -0.2) is 0 Å². The van der Waals surface area contributed by atoms with Crippen LogP contribution >= 0.6 is 0 Å². The van der Waals surface area contributed by atoms with E-state index in [0.29, 0.717) is 0 Å². The van der Waals surface area contributed by atoms with E-state index in [-0.39, 0.29) is 0 Å². The largest absolute Gasteiger partial charge is 0.355 e. The third kappa shape index (κ3) is 2.86. The zero-order valence-electron chi connectivity index (χ0n) is 11.2. The Bertz CT molecular complexity index is 652. The second-order valence-corrected chi connectivity index (χ2v) is 4.59. The van der Waals surface area contributed by atoms with E-state index in [2.05, 4.69) is 46.7 Å². The van der Waals surface area contributed by atoms with Crippen LogP contribution in [0.2, 0.25) is 0 Å². The number of rotatable bonds is 3. The van der Waals surface area contributed by atoms with Gasteiger partial charge in [-0.3, -0.25) is 4.98 Å². The number of benzene rings is 1. The van der Waals surface area contributed by atoms with Gasteiger partial charge < -0.3 is 5.32 Å². The lowest BCUT2D eigenvalue weighted by Crippen LogP contribution is -2.02. The minimum absolute atomic E-state index is 0.939. The third-order valence-electron chi connectivity index (χ3n) is 3.19. The lowest BCUT2D eigenvalue weighted by molar-refractivity contribution is 1.31. The molecule has 1 aromatic carbocycles. The van der Waals surface area contributed by atoms with Crippen molar-refractivity contribution in [1.29, 1.82) is 0 Å². The van der Waals surface area contributed by atoms with Crippen molar-refractivity contribution in [2.24, 2.45) is 0 Å². The average molecular weight is 260 g/mol. The first kappa shape index (κ1) is 12.4. The number of anilines is 1. The number of hydrogen-bond acceptors (Lipinski definition) is 2. The summed E-state index contributed by atoms with van der Waals surface area (Å²) in [7, 11) is 0. The lowest BCUT2D eigenvalue weighted by Gasteiger charge is -2.14. The fraction of sp³-hybridized carbons (Fsp3) is 0.0556. The maximum absolute atomic E-state index is 4.09. The Labute approximate surface area is 119 Å². The number of nitrogens with zero attached hydrogens (tertiary/aromatic N) is 1. The molecule has 1 aliphatic carbocycles. The minimum atomic E-state index is 0.939. The molecule has 0 aliphatic heterocycles. The molecule has 0 saturated carbocycles. The van der Waals surface area contributed by atoms with Crippen molar-refractivity contribution in [2.75, 3.05) is 5.32 Å². The first-order valence-electron chi connectivity index (χ1n) is 6.73. The van der Waals surface area contributed by atoms with Crippen LogP contribution in [-0.4, -0.2) is 4.98 Å². The van der Waals surface area contributed by atoms with Crippen LogP contribution < -0.4 is 5.32 Å².